The van der Waals surface area contributed by atoms with E-state index >= 15 is 0 Å². The monoisotopic (exact) mass is 521 g/mol. The number of carbonyl (C=O) groups is 2. The van der Waals surface area contributed by atoms with Gasteiger partial charge in [0.05, 0.1) is 24.8 Å². The Morgan fingerprint density at radius 2 is 1.64 bits per heavy atom. The van der Waals surface area contributed by atoms with Gasteiger partial charge in [0.2, 0.25) is 0 Å². The van der Waals surface area contributed by atoms with Crippen molar-refractivity contribution in [2.75, 3.05) is 12.4 Å². The fraction of sp³-hybridized carbons (Fsp3) is 0.273. The first-order valence-corrected chi connectivity index (χ1v) is 9.48. The molecule has 0 saturated carbocycles. The molecule has 0 aromatic heterocycles. The largest absolute Gasteiger partial charge is 0.748 e. The molecule has 7 nitrogen and oxygen atoms in total. The highest BCUT2D eigenvalue weighted by atomic mass is 79.9. The van der Waals surface area contributed by atoms with Crippen LogP contribution >= 0.6 is 47.8 Å². The molecule has 1 aromatic rings. The van der Waals surface area contributed by atoms with Crippen molar-refractivity contribution >= 4 is 69.8 Å². The van der Waals surface area contributed by atoms with Crippen molar-refractivity contribution in [1.82, 2.24) is 0 Å². The van der Waals surface area contributed by atoms with Crippen LogP contribution in [0.2, 0.25) is 0 Å². The van der Waals surface area contributed by atoms with E-state index in [9.17, 15) is 22.6 Å². The van der Waals surface area contributed by atoms with E-state index in [0.717, 1.165) is 4.47 Å². The van der Waals surface area contributed by atoms with Gasteiger partial charge in [0.1, 0.15) is 13.0 Å². The van der Waals surface area contributed by atoms with Gasteiger partial charge < -0.3 is 14.0 Å². The Labute approximate surface area is 151 Å². The van der Waals surface area contributed by atoms with Gasteiger partial charge in [0.15, 0.2) is 5.75 Å². The van der Waals surface area contributed by atoms with Gasteiger partial charge in [-0.2, -0.15) is 0 Å². The molecule has 1 aromatic carbocycles. The van der Waals surface area contributed by atoms with Crippen molar-refractivity contribution in [1.29, 1.82) is 0 Å². The Bertz CT molecular complexity index is 664. The molecule has 22 heavy (non-hydrogen) atoms. The molecule has 0 spiro atoms. The average Bonchev–Trinajstić information content (AvgIpc) is 2.31. The Morgan fingerprint density at radius 3 is 2.14 bits per heavy atom. The summed E-state index contributed by atoms with van der Waals surface area (Å²) in [6.45, 7) is -0.608. The minimum absolute atomic E-state index is 0.183. The quantitative estimate of drug-likeness (QED) is 0.244. The molecule has 0 radical (unpaired) electrons. The average molecular weight is 524 g/mol. The van der Waals surface area contributed by atoms with Crippen LogP contribution in [0.5, 0.6) is 5.75 Å². The van der Waals surface area contributed by atoms with Crippen molar-refractivity contribution in [2.24, 2.45) is 0 Å². The Balaban J connectivity index is 2.55. The van der Waals surface area contributed by atoms with Crippen LogP contribution in [0.3, 0.4) is 0 Å². The zero-order valence-corrected chi connectivity index (χ0v) is 16.3. The lowest BCUT2D eigenvalue weighted by atomic mass is 10.3. The summed E-state index contributed by atoms with van der Waals surface area (Å²) in [5.41, 5.74) is 0. The molecule has 0 bridgehead atoms. The molecule has 0 amide bonds. The van der Waals surface area contributed by atoms with Gasteiger partial charge in [-0.15, -0.1) is 0 Å². The Morgan fingerprint density at radius 1 is 1.09 bits per heavy atom. The number of rotatable bonds is 6. The van der Waals surface area contributed by atoms with Crippen molar-refractivity contribution in [2.45, 2.75) is 6.42 Å². The van der Waals surface area contributed by atoms with E-state index in [1.54, 1.807) is 12.1 Å². The first-order chi connectivity index (χ1) is 10.1. The van der Waals surface area contributed by atoms with Gasteiger partial charge in [-0.05, 0) is 44.0 Å². The first-order valence-electron chi connectivity index (χ1n) is 5.53. The molecule has 11 heteroatoms. The number of benzene rings is 1. The van der Waals surface area contributed by atoms with Gasteiger partial charge in [-0.3, -0.25) is 9.59 Å². The molecule has 0 fully saturated rings. The fourth-order valence-electron chi connectivity index (χ4n) is 1.20. The number of esters is 2. The van der Waals surface area contributed by atoms with Crippen molar-refractivity contribution in [3.8, 4) is 5.75 Å². The van der Waals surface area contributed by atoms with Crippen molar-refractivity contribution < 1.29 is 32.0 Å². The maximum Gasteiger partial charge on any atom is 0.322 e. The maximum atomic E-state index is 11.6. The molecule has 0 aliphatic carbocycles. The highest BCUT2D eigenvalue weighted by Gasteiger charge is 2.17. The maximum absolute atomic E-state index is 11.6. The van der Waals surface area contributed by atoms with Gasteiger partial charge in [-0.25, -0.2) is 8.42 Å². The third-order valence-corrected chi connectivity index (χ3v) is 4.37. The molecule has 0 aliphatic rings. The third kappa shape index (κ3) is 7.18. The molecule has 1 rings (SSSR count). The smallest absolute Gasteiger partial charge is 0.322 e. The number of carbonyl (C=O) groups excluding carboxylic acids is 2. The van der Waals surface area contributed by atoms with E-state index in [0.29, 0.717) is 8.95 Å². The summed E-state index contributed by atoms with van der Waals surface area (Å²) in [4.78, 5) is 22.9. The van der Waals surface area contributed by atoms with Crippen LogP contribution in [0.15, 0.2) is 25.6 Å². The zero-order chi connectivity index (χ0) is 16.9. The standard InChI is InChI=1S/C11H9Br3O7S/c12-6-3-7(13)11(8(14)4-6)21-10(16)5-9(15)20-1-2-22(17,18)19/h3-4H,1-2,5H2,(H,17,18,19)/p-1. The van der Waals surface area contributed by atoms with Crippen LogP contribution in [0.1, 0.15) is 6.42 Å². The normalized spacial score (nSPS) is 11.1. The molecule has 0 N–H and O–H groups in total. The van der Waals surface area contributed by atoms with Crippen LogP contribution in [-0.4, -0.2) is 37.3 Å². The van der Waals surface area contributed by atoms with Gasteiger partial charge in [0.25, 0.3) is 0 Å². The fourth-order valence-corrected chi connectivity index (χ4v) is 3.91. The lowest BCUT2D eigenvalue weighted by molar-refractivity contribution is -0.149. The van der Waals surface area contributed by atoms with E-state index in [2.05, 4.69) is 52.5 Å². The predicted molar refractivity (Wildman–Crippen MR) is 85.3 cm³/mol. The summed E-state index contributed by atoms with van der Waals surface area (Å²) in [7, 11) is -4.47. The van der Waals surface area contributed by atoms with E-state index in [1.807, 2.05) is 0 Å². The highest BCUT2D eigenvalue weighted by molar-refractivity contribution is 9.11. The SMILES string of the molecule is O=C(CC(=O)Oc1c(Br)cc(Br)cc1Br)OCCS(=O)(=O)[O-]. The zero-order valence-electron chi connectivity index (χ0n) is 10.7. The lowest BCUT2D eigenvalue weighted by Gasteiger charge is -2.10. The second-order valence-corrected chi connectivity index (χ2v) is 7.98. The third-order valence-electron chi connectivity index (χ3n) is 2.06. The number of hydrogen-bond donors (Lipinski definition) is 0. The molecule has 0 atom stereocenters. The van der Waals surface area contributed by atoms with Crippen molar-refractivity contribution in [3.63, 3.8) is 0 Å². The molecule has 0 aliphatic heterocycles. The van der Waals surface area contributed by atoms with Crippen molar-refractivity contribution in [3.05, 3.63) is 25.6 Å². The van der Waals surface area contributed by atoms with E-state index in [4.69, 9.17) is 4.74 Å². The van der Waals surface area contributed by atoms with E-state index < -0.39 is 40.8 Å². The Kier molecular flexibility index (Phi) is 7.46. The number of hydrogen-bond acceptors (Lipinski definition) is 7. The first kappa shape index (κ1) is 19.6. The molecule has 122 valence electrons. The van der Waals surface area contributed by atoms with Crippen LogP contribution < -0.4 is 4.74 Å². The summed E-state index contributed by atoms with van der Waals surface area (Å²) in [6.07, 6.45) is -0.714. The number of halogens is 3. The summed E-state index contributed by atoms with van der Waals surface area (Å²) in [5, 5.41) is 0. The molecule has 0 saturated heterocycles. The second kappa shape index (κ2) is 8.39. The van der Waals surface area contributed by atoms with Gasteiger partial charge >= 0.3 is 11.9 Å². The summed E-state index contributed by atoms with van der Waals surface area (Å²) < 4.78 is 42.1. The number of ether oxygens (including phenoxy) is 2. The van der Waals surface area contributed by atoms with E-state index in [-0.39, 0.29) is 5.75 Å². The van der Waals surface area contributed by atoms with Gasteiger partial charge in [0, 0.05) is 4.47 Å². The van der Waals surface area contributed by atoms with Crippen LogP contribution in [-0.2, 0) is 24.4 Å². The van der Waals surface area contributed by atoms with Crippen LogP contribution in [0.25, 0.3) is 0 Å². The van der Waals surface area contributed by atoms with Crippen LogP contribution in [0, 0.1) is 0 Å². The highest BCUT2D eigenvalue weighted by Crippen LogP contribution is 2.36. The van der Waals surface area contributed by atoms with Gasteiger partial charge in [-0.1, -0.05) is 15.9 Å². The summed E-state index contributed by atoms with van der Waals surface area (Å²) in [6, 6.07) is 3.29. The Hall–Kier alpha value is -0.490. The second-order valence-electron chi connectivity index (χ2n) is 3.83. The molecular formula is C11H8Br3O7S-. The van der Waals surface area contributed by atoms with E-state index in [1.165, 1.54) is 0 Å². The molecular weight excluding hydrogens is 516 g/mol. The summed E-state index contributed by atoms with van der Waals surface area (Å²) >= 11 is 9.65. The van der Waals surface area contributed by atoms with Crippen LogP contribution in [0.4, 0.5) is 0 Å². The minimum atomic E-state index is -4.47. The minimum Gasteiger partial charge on any atom is -0.748 e. The summed E-state index contributed by atoms with van der Waals surface area (Å²) in [5.74, 6) is -2.54. The lowest BCUT2D eigenvalue weighted by Crippen LogP contribution is -2.19. The predicted octanol–water partition coefficient (Wildman–Crippen LogP) is 2.36. The molecule has 0 heterocycles. The topological polar surface area (TPSA) is 110 Å². The molecule has 0 unspecified atom stereocenters.